The normalized spacial score (nSPS) is 15.1. The number of hydrogen-bond acceptors (Lipinski definition) is 0. The molecule has 0 unspecified atom stereocenters. The Bertz CT molecular complexity index is 545. The topological polar surface area (TPSA) is 0 Å². The predicted octanol–water partition coefficient (Wildman–Crippen LogP) is 7.95. The first-order chi connectivity index (χ1) is 10.4. The zero-order chi connectivity index (χ0) is 18.4. The maximum Gasteiger partial charge on any atom is -0.0268 e. The molecule has 0 aliphatic rings. The van der Waals surface area contributed by atoms with Gasteiger partial charge in [-0.2, -0.15) is 0 Å². The molecule has 0 bridgehead atoms. The lowest BCUT2D eigenvalue weighted by molar-refractivity contribution is 0.322. The minimum Gasteiger partial charge on any atom is -0.0958 e. The summed E-state index contributed by atoms with van der Waals surface area (Å²) in [5.74, 6) is 0. The van der Waals surface area contributed by atoms with Crippen molar-refractivity contribution in [2.75, 3.05) is 0 Å². The summed E-state index contributed by atoms with van der Waals surface area (Å²) in [6.07, 6.45) is 5.81. The summed E-state index contributed by atoms with van der Waals surface area (Å²) in [6, 6.07) is 0. The Morgan fingerprint density at radius 3 is 1.78 bits per heavy atom. The smallest absolute Gasteiger partial charge is 0.0268 e. The van der Waals surface area contributed by atoms with Crippen molar-refractivity contribution in [1.29, 1.82) is 0 Å². The van der Waals surface area contributed by atoms with E-state index in [1.54, 1.807) is 0 Å². The molecule has 0 N–H and O–H groups in total. The first-order valence-electron chi connectivity index (χ1n) is 8.80. The zero-order valence-electron chi connectivity index (χ0n) is 17.1. The van der Waals surface area contributed by atoms with E-state index in [1.807, 2.05) is 0 Å². The molecule has 0 rings (SSSR count). The third kappa shape index (κ3) is 7.20. The second-order valence-corrected chi connectivity index (χ2v) is 7.82. The molecular weight excluding hydrogens is 276 g/mol. The van der Waals surface area contributed by atoms with E-state index >= 15 is 0 Å². The predicted molar refractivity (Wildman–Crippen MR) is 108 cm³/mol. The van der Waals surface area contributed by atoms with E-state index in [0.29, 0.717) is 5.41 Å². The highest BCUT2D eigenvalue weighted by atomic mass is 14.2. The maximum atomic E-state index is 4.12. The Hall–Kier alpha value is -1.30. The monoisotopic (exact) mass is 314 g/mol. The fourth-order valence-electron chi connectivity index (χ4n) is 2.40. The van der Waals surface area contributed by atoms with Gasteiger partial charge in [0.05, 0.1) is 0 Å². The van der Waals surface area contributed by atoms with Crippen molar-refractivity contribution >= 4 is 0 Å². The summed E-state index contributed by atoms with van der Waals surface area (Å²) in [4.78, 5) is 0. The van der Waals surface area contributed by atoms with Crippen molar-refractivity contribution in [2.45, 2.75) is 81.6 Å². The van der Waals surface area contributed by atoms with E-state index in [-0.39, 0.29) is 0 Å². The van der Waals surface area contributed by atoms with Gasteiger partial charge in [0.2, 0.25) is 0 Å². The minimum absolute atomic E-state index is 0.385. The highest BCUT2D eigenvalue weighted by Gasteiger charge is 2.17. The van der Waals surface area contributed by atoms with E-state index in [9.17, 15) is 0 Å². The van der Waals surface area contributed by atoms with Crippen LogP contribution in [-0.2, 0) is 0 Å². The third-order valence-corrected chi connectivity index (χ3v) is 5.25. The summed E-state index contributed by atoms with van der Waals surface area (Å²) in [6.45, 7) is 28.1. The molecule has 0 nitrogen and oxygen atoms in total. The van der Waals surface area contributed by atoms with Gasteiger partial charge in [0.1, 0.15) is 0 Å². The molecule has 23 heavy (non-hydrogen) atoms. The summed E-state index contributed by atoms with van der Waals surface area (Å²) in [5.41, 5.74) is 9.45. The number of rotatable bonds is 8. The molecule has 0 fully saturated rings. The van der Waals surface area contributed by atoms with E-state index < -0.39 is 0 Å². The highest BCUT2D eigenvalue weighted by molar-refractivity contribution is 5.47. The Kier molecular flexibility index (Phi) is 8.59. The quantitative estimate of drug-likeness (QED) is 0.399. The van der Waals surface area contributed by atoms with Crippen LogP contribution in [0.3, 0.4) is 0 Å². The van der Waals surface area contributed by atoms with Crippen LogP contribution in [-0.4, -0.2) is 0 Å². The molecule has 130 valence electrons. The Morgan fingerprint density at radius 2 is 1.39 bits per heavy atom. The maximum absolute atomic E-state index is 4.12. The fraction of sp³-hybridized carbons (Fsp3) is 0.565. The van der Waals surface area contributed by atoms with Gasteiger partial charge in [-0.1, -0.05) is 57.6 Å². The first-order valence-corrected chi connectivity index (χ1v) is 8.80. The molecule has 0 aliphatic carbocycles. The molecule has 0 saturated carbocycles. The van der Waals surface area contributed by atoms with Gasteiger partial charge in [0, 0.05) is 0 Å². The van der Waals surface area contributed by atoms with Gasteiger partial charge in [0.15, 0.2) is 0 Å². The standard InChI is InChI=1S/C23H38/c1-12-23(10,11)14-13-22(21(9)20(8)17(4)5)19(7)15-18(6)16(2)3/h15H,2,4,12-14H2,1,3,5-11H3/b18-15+,21-20-,22-19+. The van der Waals surface area contributed by atoms with Crippen LogP contribution in [0.4, 0.5) is 0 Å². The molecule has 0 heterocycles. The number of hydrogen-bond donors (Lipinski definition) is 0. The van der Waals surface area contributed by atoms with Gasteiger partial charge < -0.3 is 0 Å². The van der Waals surface area contributed by atoms with Gasteiger partial charge >= 0.3 is 0 Å². The Balaban J connectivity index is 5.92. The van der Waals surface area contributed by atoms with Gasteiger partial charge in [-0.05, 0) is 87.7 Å². The van der Waals surface area contributed by atoms with Crippen molar-refractivity contribution in [3.63, 3.8) is 0 Å². The second kappa shape index (κ2) is 9.11. The Labute approximate surface area is 145 Å². The van der Waals surface area contributed by atoms with Crippen LogP contribution in [0.1, 0.15) is 81.6 Å². The van der Waals surface area contributed by atoms with E-state index in [1.165, 1.54) is 40.7 Å². The van der Waals surface area contributed by atoms with Gasteiger partial charge in [-0.15, -0.1) is 0 Å². The van der Waals surface area contributed by atoms with Crippen LogP contribution < -0.4 is 0 Å². The lowest BCUT2D eigenvalue weighted by Gasteiger charge is -2.25. The zero-order valence-corrected chi connectivity index (χ0v) is 17.1. The molecule has 0 aromatic heterocycles. The molecule has 0 aromatic carbocycles. The van der Waals surface area contributed by atoms with Crippen molar-refractivity contribution in [3.8, 4) is 0 Å². The van der Waals surface area contributed by atoms with E-state index in [4.69, 9.17) is 0 Å². The molecule has 0 amide bonds. The van der Waals surface area contributed by atoms with Crippen LogP contribution in [0.2, 0.25) is 0 Å². The lowest BCUT2D eigenvalue weighted by atomic mass is 9.81. The molecule has 0 radical (unpaired) electrons. The van der Waals surface area contributed by atoms with Gasteiger partial charge in [-0.25, -0.2) is 0 Å². The van der Waals surface area contributed by atoms with Crippen molar-refractivity contribution in [2.24, 2.45) is 5.41 Å². The largest absolute Gasteiger partial charge is 0.0958 e. The third-order valence-electron chi connectivity index (χ3n) is 5.25. The summed E-state index contributed by atoms with van der Waals surface area (Å²) in [5, 5.41) is 0. The van der Waals surface area contributed by atoms with Gasteiger partial charge in [-0.3, -0.25) is 0 Å². The fourth-order valence-corrected chi connectivity index (χ4v) is 2.40. The second-order valence-electron chi connectivity index (χ2n) is 7.82. The molecule has 0 aromatic rings. The molecule has 0 spiro atoms. The van der Waals surface area contributed by atoms with Gasteiger partial charge in [0.25, 0.3) is 0 Å². The lowest BCUT2D eigenvalue weighted by Crippen LogP contribution is -2.10. The van der Waals surface area contributed by atoms with Crippen LogP contribution in [0.5, 0.6) is 0 Å². The van der Waals surface area contributed by atoms with Crippen LogP contribution in [0.15, 0.2) is 58.2 Å². The van der Waals surface area contributed by atoms with Crippen LogP contribution in [0, 0.1) is 5.41 Å². The van der Waals surface area contributed by atoms with Crippen LogP contribution in [0.25, 0.3) is 0 Å². The molecule has 0 saturated heterocycles. The summed E-state index contributed by atoms with van der Waals surface area (Å²) < 4.78 is 0. The summed E-state index contributed by atoms with van der Waals surface area (Å²) >= 11 is 0. The Morgan fingerprint density at radius 1 is 0.870 bits per heavy atom. The average molecular weight is 315 g/mol. The molecule has 0 atom stereocenters. The van der Waals surface area contributed by atoms with Crippen molar-refractivity contribution in [1.82, 2.24) is 0 Å². The van der Waals surface area contributed by atoms with Crippen molar-refractivity contribution < 1.29 is 0 Å². The summed E-state index contributed by atoms with van der Waals surface area (Å²) in [7, 11) is 0. The minimum atomic E-state index is 0.385. The molecule has 0 aliphatic heterocycles. The number of allylic oxidation sites excluding steroid dienone is 8. The molecular formula is C23H38. The SMILES string of the molecule is C=C(C)\C(C)=C(C)/C(CCC(C)(C)CC)=C(C)/C=C(\C)C(=C)C. The van der Waals surface area contributed by atoms with E-state index in [0.717, 1.165) is 17.6 Å². The van der Waals surface area contributed by atoms with E-state index in [2.05, 4.69) is 81.5 Å². The highest BCUT2D eigenvalue weighted by Crippen LogP contribution is 2.33. The molecule has 0 heteroatoms. The van der Waals surface area contributed by atoms with Crippen LogP contribution >= 0.6 is 0 Å². The first kappa shape index (κ1) is 21.7. The average Bonchev–Trinajstić information content (AvgIpc) is 2.45. The van der Waals surface area contributed by atoms with Crippen molar-refractivity contribution in [3.05, 3.63) is 58.2 Å².